The number of alkyl halides is 2. The van der Waals surface area contributed by atoms with E-state index in [0.29, 0.717) is 0 Å². The van der Waals surface area contributed by atoms with E-state index in [0.717, 1.165) is 34.8 Å². The van der Waals surface area contributed by atoms with Crippen LogP contribution in [0.3, 0.4) is 0 Å². The van der Waals surface area contributed by atoms with E-state index < -0.39 is 0 Å². The largest absolute Gasteiger partial charge is 0.412 e. The van der Waals surface area contributed by atoms with Crippen molar-refractivity contribution in [3.05, 3.63) is 0 Å². The Balaban J connectivity index is -0.0000000185. The molecule has 0 fully saturated rings. The SMILES string of the molecule is C.C.Cl.Cl.ClCCSCCCl.O.O.OCCSCCO. The zero-order chi connectivity index (χ0) is 11.1. The van der Waals surface area contributed by atoms with Crippen molar-refractivity contribution in [1.29, 1.82) is 0 Å². The molecule has 0 rings (SSSR count). The number of thioether (sulfide) groups is 2. The minimum absolute atomic E-state index is 0. The maximum absolute atomic E-state index is 8.19. The molecule has 0 saturated heterocycles. The van der Waals surface area contributed by atoms with Crippen LogP contribution in [0.2, 0.25) is 0 Å². The molecule has 0 heterocycles. The molecule has 0 bridgehead atoms. The average molecular weight is 422 g/mol. The number of hydrogen-bond acceptors (Lipinski definition) is 4. The molecule has 6 N–H and O–H groups in total. The van der Waals surface area contributed by atoms with Crippen LogP contribution < -0.4 is 0 Å². The number of halogens is 4. The van der Waals surface area contributed by atoms with Crippen molar-refractivity contribution in [2.24, 2.45) is 0 Å². The summed E-state index contributed by atoms with van der Waals surface area (Å²) in [6.45, 7) is 0.426. The fourth-order valence-corrected chi connectivity index (χ4v) is 1.98. The van der Waals surface area contributed by atoms with Crippen molar-refractivity contribution < 1.29 is 21.2 Å². The fraction of sp³-hybridized carbons (Fsp3) is 1.00. The molecule has 0 aliphatic carbocycles. The third kappa shape index (κ3) is 73.2. The second-order valence-electron chi connectivity index (χ2n) is 2.05. The predicted octanol–water partition coefficient (Wildman–Crippen LogP) is 2.37. The van der Waals surface area contributed by atoms with Gasteiger partial charge >= 0.3 is 0 Å². The Bertz CT molecular complexity index is 83.7. The van der Waals surface area contributed by atoms with Gasteiger partial charge in [0.2, 0.25) is 0 Å². The van der Waals surface area contributed by atoms with Gasteiger partial charge in [-0.05, 0) is 0 Å². The summed E-state index contributed by atoms with van der Waals surface area (Å²) in [7, 11) is 0. The molecule has 0 amide bonds. The van der Waals surface area contributed by atoms with Crippen molar-refractivity contribution in [1.82, 2.24) is 0 Å². The molecule has 0 aromatic heterocycles. The zero-order valence-corrected chi connectivity index (χ0v) is 14.7. The lowest BCUT2D eigenvalue weighted by molar-refractivity contribution is 0.318. The first-order valence-corrected chi connectivity index (χ1v) is 7.70. The van der Waals surface area contributed by atoms with Crippen molar-refractivity contribution in [2.75, 3.05) is 48.0 Å². The van der Waals surface area contributed by atoms with Gasteiger partial charge in [0.15, 0.2) is 0 Å². The number of aliphatic hydroxyl groups excluding tert-OH is 2. The molecule has 0 aromatic carbocycles. The van der Waals surface area contributed by atoms with Crippen LogP contribution in [0.5, 0.6) is 0 Å². The first kappa shape index (κ1) is 49.5. The van der Waals surface area contributed by atoms with Crippen LogP contribution in [0, 0.1) is 0 Å². The molecule has 0 spiro atoms. The Morgan fingerprint density at radius 2 is 0.900 bits per heavy atom. The van der Waals surface area contributed by atoms with Gasteiger partial charge in [0.05, 0.1) is 13.2 Å². The summed E-state index contributed by atoms with van der Waals surface area (Å²) >= 11 is 14.1. The molecule has 0 aliphatic heterocycles. The molecule has 0 saturated carbocycles. The third-order valence-corrected chi connectivity index (χ3v) is 3.67. The first-order valence-electron chi connectivity index (χ1n) is 4.32. The molecule has 136 valence electrons. The van der Waals surface area contributed by atoms with E-state index in [9.17, 15) is 0 Å². The fourth-order valence-electron chi connectivity index (χ4n) is 0.442. The van der Waals surface area contributed by atoms with E-state index in [-0.39, 0.29) is 63.8 Å². The monoisotopic (exact) mass is 420 g/mol. The number of hydrogen-bond donors (Lipinski definition) is 2. The van der Waals surface area contributed by atoms with Crippen LogP contribution in [0.4, 0.5) is 0 Å². The Morgan fingerprint density at radius 3 is 1.10 bits per heavy atom. The van der Waals surface area contributed by atoms with Gasteiger partial charge in [-0.1, -0.05) is 14.9 Å². The van der Waals surface area contributed by atoms with Crippen molar-refractivity contribution in [2.45, 2.75) is 14.9 Å². The van der Waals surface area contributed by atoms with Gasteiger partial charge < -0.3 is 21.2 Å². The smallest absolute Gasteiger partial charge is 0.0521 e. The summed E-state index contributed by atoms with van der Waals surface area (Å²) in [4.78, 5) is 0. The van der Waals surface area contributed by atoms with Gasteiger partial charge in [-0.25, -0.2) is 0 Å². The summed E-state index contributed by atoms with van der Waals surface area (Å²) in [5, 5.41) is 16.4. The molecule has 0 unspecified atom stereocenters. The van der Waals surface area contributed by atoms with Gasteiger partial charge in [-0.3, -0.25) is 0 Å². The molecular weight excluding hydrogens is 390 g/mol. The van der Waals surface area contributed by atoms with Crippen LogP contribution in [-0.2, 0) is 0 Å². The van der Waals surface area contributed by atoms with Gasteiger partial charge in [0, 0.05) is 34.8 Å². The quantitative estimate of drug-likeness (QED) is 0.463. The van der Waals surface area contributed by atoms with Crippen molar-refractivity contribution >= 4 is 71.5 Å². The van der Waals surface area contributed by atoms with E-state index in [2.05, 4.69) is 0 Å². The van der Waals surface area contributed by atoms with E-state index >= 15 is 0 Å². The van der Waals surface area contributed by atoms with Gasteiger partial charge in [0.25, 0.3) is 0 Å². The second-order valence-corrected chi connectivity index (χ2v) is 5.26. The minimum Gasteiger partial charge on any atom is -0.412 e. The van der Waals surface area contributed by atoms with Gasteiger partial charge in [-0.2, -0.15) is 23.5 Å². The first-order chi connectivity index (χ1) is 6.83. The van der Waals surface area contributed by atoms with Crippen LogP contribution in [0.25, 0.3) is 0 Å². The minimum atomic E-state index is 0. The Kier molecular flexibility index (Phi) is 145. The predicted molar refractivity (Wildman–Crippen MR) is 105 cm³/mol. The highest BCUT2D eigenvalue weighted by atomic mass is 35.5. The van der Waals surface area contributed by atoms with Crippen LogP contribution in [0.15, 0.2) is 0 Å². The maximum atomic E-state index is 8.19. The molecule has 20 heavy (non-hydrogen) atoms. The summed E-state index contributed by atoms with van der Waals surface area (Å²) in [6, 6.07) is 0. The lowest BCUT2D eigenvalue weighted by Gasteiger charge is -1.90. The van der Waals surface area contributed by atoms with E-state index in [1.165, 1.54) is 0 Å². The lowest BCUT2D eigenvalue weighted by atomic mass is 10.9. The third-order valence-electron chi connectivity index (χ3n) is 0.914. The topological polar surface area (TPSA) is 103 Å². The number of aliphatic hydroxyl groups is 2. The van der Waals surface area contributed by atoms with E-state index in [1.807, 2.05) is 0 Å². The molecular formula is C10H32Cl4O4S2. The normalized spacial score (nSPS) is 6.60. The van der Waals surface area contributed by atoms with E-state index in [4.69, 9.17) is 33.4 Å². The molecule has 0 aliphatic rings. The van der Waals surface area contributed by atoms with Crippen LogP contribution >= 0.6 is 71.5 Å². The number of rotatable bonds is 8. The van der Waals surface area contributed by atoms with Crippen LogP contribution in [0.1, 0.15) is 14.9 Å². The van der Waals surface area contributed by atoms with Gasteiger partial charge in [-0.15, -0.1) is 48.0 Å². The molecule has 4 nitrogen and oxygen atoms in total. The molecule has 0 aromatic rings. The Morgan fingerprint density at radius 1 is 0.650 bits per heavy atom. The summed E-state index contributed by atoms with van der Waals surface area (Å²) in [6.07, 6.45) is 0. The maximum Gasteiger partial charge on any atom is 0.0521 e. The highest BCUT2D eigenvalue weighted by Crippen LogP contribution is 1.99. The molecule has 0 radical (unpaired) electrons. The lowest BCUT2D eigenvalue weighted by Crippen LogP contribution is -1.91. The van der Waals surface area contributed by atoms with E-state index in [1.54, 1.807) is 23.5 Å². The van der Waals surface area contributed by atoms with Gasteiger partial charge in [0.1, 0.15) is 0 Å². The van der Waals surface area contributed by atoms with Crippen molar-refractivity contribution in [3.8, 4) is 0 Å². The Labute approximate surface area is 155 Å². The van der Waals surface area contributed by atoms with Crippen LogP contribution in [-0.4, -0.2) is 69.2 Å². The highest BCUT2D eigenvalue weighted by molar-refractivity contribution is 7.99. The Hall–Kier alpha value is 1.70. The second kappa shape index (κ2) is 58.7. The zero-order valence-electron chi connectivity index (χ0n) is 9.94. The highest BCUT2D eigenvalue weighted by Gasteiger charge is 1.82. The average Bonchev–Trinajstić information content (AvgIpc) is 2.21. The molecule has 10 heteroatoms. The summed E-state index contributed by atoms with van der Waals surface area (Å²) in [5.74, 6) is 4.99. The molecule has 0 atom stereocenters. The summed E-state index contributed by atoms with van der Waals surface area (Å²) < 4.78 is 0. The standard InChI is InChI=1S/C4H8Cl2S.C4H10O2S.2CH4.2ClH.2H2O/c2*5-1-3-7-4-2-6;;;;;;/h1-4H2;5-6H,1-4H2;2*1H4;2*1H;2*1H2. The summed E-state index contributed by atoms with van der Waals surface area (Å²) in [5.41, 5.74) is 0. The van der Waals surface area contributed by atoms with Crippen molar-refractivity contribution in [3.63, 3.8) is 0 Å².